The fourth-order valence-electron chi connectivity index (χ4n) is 3.65. The van der Waals surface area contributed by atoms with Crippen molar-refractivity contribution in [2.24, 2.45) is 0 Å². The van der Waals surface area contributed by atoms with E-state index in [1.807, 2.05) is 19.9 Å². The number of hydrogen-bond acceptors (Lipinski definition) is 5. The Hall–Kier alpha value is -4.19. The normalized spacial score (nSPS) is 17.3. The highest BCUT2D eigenvalue weighted by molar-refractivity contribution is 6.10. The standard InChI is InChI=1S/C24H25N5O4/c1-4-28(5-2)21(31)17-8-12-19(13-9-17)26-20(30)15-29-22(32)24(3,27-23(29)33)18-10-6-16(14-25)7-11-18/h6-13H,4-5,15H2,1-3H3,(H,26,30)(H,27,33)/t24-/m1/s1. The molecule has 3 rings (SSSR count). The van der Waals surface area contributed by atoms with Crippen molar-refractivity contribution in [2.75, 3.05) is 25.0 Å². The highest BCUT2D eigenvalue weighted by atomic mass is 16.2. The van der Waals surface area contributed by atoms with Crippen molar-refractivity contribution in [3.63, 3.8) is 0 Å². The quantitative estimate of drug-likeness (QED) is 0.631. The molecule has 0 bridgehead atoms. The molecule has 2 aromatic carbocycles. The number of amides is 5. The average Bonchev–Trinajstić information content (AvgIpc) is 3.04. The van der Waals surface area contributed by atoms with E-state index in [1.54, 1.807) is 60.4 Å². The molecule has 1 saturated heterocycles. The Kier molecular flexibility index (Phi) is 6.78. The van der Waals surface area contributed by atoms with Crippen LogP contribution in [0.1, 0.15) is 42.3 Å². The number of hydrogen-bond donors (Lipinski definition) is 2. The number of carbonyl (C=O) groups excluding carboxylic acids is 4. The van der Waals surface area contributed by atoms with Crippen LogP contribution in [-0.4, -0.2) is 53.2 Å². The van der Waals surface area contributed by atoms with Gasteiger partial charge in [0, 0.05) is 24.3 Å². The molecule has 5 amide bonds. The maximum Gasteiger partial charge on any atom is 0.325 e. The maximum atomic E-state index is 13.0. The first-order chi connectivity index (χ1) is 15.7. The molecule has 2 aromatic rings. The summed E-state index contributed by atoms with van der Waals surface area (Å²) in [5.74, 6) is -1.21. The van der Waals surface area contributed by atoms with Crippen LogP contribution in [0, 0.1) is 11.3 Å². The molecule has 0 radical (unpaired) electrons. The summed E-state index contributed by atoms with van der Waals surface area (Å²) in [5, 5.41) is 14.2. The Morgan fingerprint density at radius 3 is 2.21 bits per heavy atom. The Morgan fingerprint density at radius 2 is 1.67 bits per heavy atom. The van der Waals surface area contributed by atoms with Gasteiger partial charge in [-0.2, -0.15) is 5.26 Å². The number of nitrogens with one attached hydrogen (secondary N) is 2. The first-order valence-corrected chi connectivity index (χ1v) is 10.6. The second-order valence-electron chi connectivity index (χ2n) is 7.74. The van der Waals surface area contributed by atoms with Crippen LogP contribution >= 0.6 is 0 Å². The van der Waals surface area contributed by atoms with Crippen molar-refractivity contribution in [1.29, 1.82) is 5.26 Å². The number of carbonyl (C=O) groups is 4. The van der Waals surface area contributed by atoms with Gasteiger partial charge < -0.3 is 15.5 Å². The van der Waals surface area contributed by atoms with E-state index in [0.717, 1.165) is 4.90 Å². The van der Waals surface area contributed by atoms with E-state index in [2.05, 4.69) is 10.6 Å². The maximum absolute atomic E-state index is 13.0. The zero-order chi connectivity index (χ0) is 24.2. The van der Waals surface area contributed by atoms with Gasteiger partial charge in [0.15, 0.2) is 0 Å². The number of nitriles is 1. The van der Waals surface area contributed by atoms with Gasteiger partial charge in [0.1, 0.15) is 12.1 Å². The van der Waals surface area contributed by atoms with Gasteiger partial charge >= 0.3 is 6.03 Å². The molecule has 0 spiro atoms. The Morgan fingerprint density at radius 1 is 1.06 bits per heavy atom. The molecule has 1 fully saturated rings. The minimum atomic E-state index is -1.34. The Bertz CT molecular complexity index is 1120. The van der Waals surface area contributed by atoms with Gasteiger partial charge in [0.2, 0.25) is 5.91 Å². The number of anilines is 1. The molecule has 33 heavy (non-hydrogen) atoms. The van der Waals surface area contributed by atoms with E-state index in [4.69, 9.17) is 5.26 Å². The van der Waals surface area contributed by atoms with E-state index in [9.17, 15) is 19.2 Å². The topological polar surface area (TPSA) is 123 Å². The molecular weight excluding hydrogens is 422 g/mol. The van der Waals surface area contributed by atoms with Crippen LogP contribution in [0.2, 0.25) is 0 Å². The van der Waals surface area contributed by atoms with Crippen LogP contribution in [0.15, 0.2) is 48.5 Å². The van der Waals surface area contributed by atoms with Crippen LogP contribution in [0.3, 0.4) is 0 Å². The summed E-state index contributed by atoms with van der Waals surface area (Å²) >= 11 is 0. The summed E-state index contributed by atoms with van der Waals surface area (Å²) in [6.45, 7) is 6.09. The highest BCUT2D eigenvalue weighted by Crippen LogP contribution is 2.29. The Labute approximate surface area is 192 Å². The van der Waals surface area contributed by atoms with E-state index < -0.39 is 29.9 Å². The lowest BCUT2D eigenvalue weighted by Gasteiger charge is -2.22. The fourth-order valence-corrected chi connectivity index (χ4v) is 3.65. The highest BCUT2D eigenvalue weighted by Gasteiger charge is 2.49. The third-order valence-electron chi connectivity index (χ3n) is 5.63. The van der Waals surface area contributed by atoms with Crippen LogP contribution in [-0.2, 0) is 15.1 Å². The molecule has 1 atom stereocenters. The molecule has 1 aliphatic rings. The second kappa shape index (κ2) is 9.53. The molecule has 0 aliphatic carbocycles. The molecule has 2 N–H and O–H groups in total. The summed E-state index contributed by atoms with van der Waals surface area (Å²) in [7, 11) is 0. The van der Waals surface area contributed by atoms with Crippen molar-refractivity contribution in [3.8, 4) is 6.07 Å². The van der Waals surface area contributed by atoms with Gasteiger partial charge in [-0.25, -0.2) is 4.79 Å². The molecule has 170 valence electrons. The summed E-state index contributed by atoms with van der Waals surface area (Å²) in [6.07, 6.45) is 0. The van der Waals surface area contributed by atoms with Gasteiger partial charge in [-0.05, 0) is 62.7 Å². The first kappa shape index (κ1) is 23.5. The van der Waals surface area contributed by atoms with Gasteiger partial charge in [0.05, 0.1) is 11.6 Å². The van der Waals surface area contributed by atoms with Gasteiger partial charge in [-0.15, -0.1) is 0 Å². The second-order valence-corrected chi connectivity index (χ2v) is 7.74. The van der Waals surface area contributed by atoms with Crippen molar-refractivity contribution >= 4 is 29.4 Å². The number of urea groups is 1. The van der Waals surface area contributed by atoms with Gasteiger partial charge in [-0.1, -0.05) is 12.1 Å². The van der Waals surface area contributed by atoms with Crippen LogP contribution in [0.4, 0.5) is 10.5 Å². The van der Waals surface area contributed by atoms with Crippen molar-refractivity contribution in [3.05, 3.63) is 65.2 Å². The number of nitrogens with zero attached hydrogens (tertiary/aromatic N) is 3. The number of benzene rings is 2. The van der Waals surface area contributed by atoms with Crippen LogP contribution < -0.4 is 10.6 Å². The minimum absolute atomic E-state index is 0.0979. The smallest absolute Gasteiger partial charge is 0.325 e. The SMILES string of the molecule is CCN(CC)C(=O)c1ccc(NC(=O)CN2C(=O)N[C@](C)(c3ccc(C#N)cc3)C2=O)cc1. The molecule has 9 heteroatoms. The van der Waals surface area contributed by atoms with Crippen LogP contribution in [0.25, 0.3) is 0 Å². The van der Waals surface area contributed by atoms with Gasteiger partial charge in [0.25, 0.3) is 11.8 Å². The third-order valence-corrected chi connectivity index (χ3v) is 5.63. The lowest BCUT2D eigenvalue weighted by Crippen LogP contribution is -2.42. The summed E-state index contributed by atoms with van der Waals surface area (Å²) in [6, 6.07) is 14.1. The minimum Gasteiger partial charge on any atom is -0.339 e. The monoisotopic (exact) mass is 447 g/mol. The molecule has 0 saturated carbocycles. The molecule has 1 aliphatic heterocycles. The average molecular weight is 447 g/mol. The van der Waals surface area contributed by atoms with Crippen molar-refractivity contribution in [1.82, 2.24) is 15.1 Å². The zero-order valence-electron chi connectivity index (χ0n) is 18.7. The predicted molar refractivity (Wildman–Crippen MR) is 121 cm³/mol. The Balaban J connectivity index is 1.66. The summed E-state index contributed by atoms with van der Waals surface area (Å²) in [5.41, 5.74) is 0.552. The number of imide groups is 1. The predicted octanol–water partition coefficient (Wildman–Crippen LogP) is 2.45. The largest absolute Gasteiger partial charge is 0.339 e. The molecule has 1 heterocycles. The zero-order valence-corrected chi connectivity index (χ0v) is 18.7. The van der Waals surface area contributed by atoms with Crippen LogP contribution in [0.5, 0.6) is 0 Å². The van der Waals surface area contributed by atoms with Crippen molar-refractivity contribution in [2.45, 2.75) is 26.3 Å². The molecule has 0 unspecified atom stereocenters. The van der Waals surface area contributed by atoms with Gasteiger partial charge in [-0.3, -0.25) is 19.3 Å². The third kappa shape index (κ3) is 4.70. The molecule has 0 aromatic heterocycles. The van der Waals surface area contributed by atoms with Crippen molar-refractivity contribution < 1.29 is 19.2 Å². The first-order valence-electron chi connectivity index (χ1n) is 10.6. The summed E-state index contributed by atoms with van der Waals surface area (Å²) < 4.78 is 0. The molecule has 9 nitrogen and oxygen atoms in total. The van der Waals surface area contributed by atoms with E-state index in [1.165, 1.54) is 0 Å². The summed E-state index contributed by atoms with van der Waals surface area (Å²) in [4.78, 5) is 52.9. The number of rotatable bonds is 7. The van der Waals surface area contributed by atoms with E-state index >= 15 is 0 Å². The lowest BCUT2D eigenvalue weighted by molar-refractivity contribution is -0.133. The van der Waals surface area contributed by atoms with E-state index in [0.29, 0.717) is 35.5 Å². The lowest BCUT2D eigenvalue weighted by atomic mass is 9.91. The van der Waals surface area contributed by atoms with E-state index in [-0.39, 0.29) is 5.91 Å². The fraction of sp³-hybridized carbons (Fsp3) is 0.292. The molecular formula is C24H25N5O4.